The zero-order valence-corrected chi connectivity index (χ0v) is 15.9. The molecule has 2 N–H and O–H groups in total. The summed E-state index contributed by atoms with van der Waals surface area (Å²) >= 11 is 11.9. The summed E-state index contributed by atoms with van der Waals surface area (Å²) in [5.41, 5.74) is 2.29. The Hall–Kier alpha value is -2.24. The molecule has 2 amide bonds. The molecule has 2 aromatic rings. The molecule has 0 aliphatic heterocycles. The standard InChI is InChI=1S/C19H19Cl2N3O2/c1-24(2)15-5-3-13(4-6-15)22-18(25)16-10-17(16)19(26)23-14-8-11(20)7-12(21)9-14/h3-9,16-17H,10H2,1-2H3,(H,22,25)(H,23,26). The Kier molecular flexibility index (Phi) is 5.39. The van der Waals surface area contributed by atoms with Crippen LogP contribution < -0.4 is 15.5 Å². The van der Waals surface area contributed by atoms with Crippen LogP contribution in [-0.2, 0) is 9.59 Å². The number of carbonyl (C=O) groups excluding carboxylic acids is 2. The van der Waals surface area contributed by atoms with Crippen LogP contribution >= 0.6 is 23.2 Å². The second-order valence-corrected chi connectivity index (χ2v) is 7.40. The molecule has 0 saturated heterocycles. The largest absolute Gasteiger partial charge is 0.378 e. The maximum Gasteiger partial charge on any atom is 0.228 e. The molecule has 1 aliphatic carbocycles. The van der Waals surface area contributed by atoms with E-state index in [1.807, 2.05) is 43.3 Å². The van der Waals surface area contributed by atoms with E-state index in [4.69, 9.17) is 23.2 Å². The molecule has 2 aromatic carbocycles. The van der Waals surface area contributed by atoms with Crippen molar-refractivity contribution in [1.82, 2.24) is 0 Å². The third-order valence-electron chi connectivity index (χ3n) is 4.25. The van der Waals surface area contributed by atoms with Gasteiger partial charge in [-0.2, -0.15) is 0 Å². The summed E-state index contributed by atoms with van der Waals surface area (Å²) in [5.74, 6) is -1.01. The molecule has 0 radical (unpaired) electrons. The van der Waals surface area contributed by atoms with Gasteiger partial charge < -0.3 is 15.5 Å². The number of benzene rings is 2. The Balaban J connectivity index is 1.55. The predicted molar refractivity (Wildman–Crippen MR) is 106 cm³/mol. The van der Waals surface area contributed by atoms with E-state index < -0.39 is 0 Å². The van der Waals surface area contributed by atoms with E-state index in [2.05, 4.69) is 10.6 Å². The van der Waals surface area contributed by atoms with Crippen molar-refractivity contribution in [1.29, 1.82) is 0 Å². The van der Waals surface area contributed by atoms with Crippen LogP contribution in [0.5, 0.6) is 0 Å². The fourth-order valence-corrected chi connectivity index (χ4v) is 3.24. The number of halogens is 2. The van der Waals surface area contributed by atoms with Crippen molar-refractivity contribution in [3.8, 4) is 0 Å². The third kappa shape index (κ3) is 4.48. The number of hydrogen-bond donors (Lipinski definition) is 2. The van der Waals surface area contributed by atoms with Crippen LogP contribution in [-0.4, -0.2) is 25.9 Å². The Morgan fingerprint density at radius 2 is 1.38 bits per heavy atom. The first kappa shape index (κ1) is 18.5. The van der Waals surface area contributed by atoms with E-state index in [9.17, 15) is 9.59 Å². The molecule has 136 valence electrons. The van der Waals surface area contributed by atoms with Gasteiger partial charge in [-0.3, -0.25) is 9.59 Å². The molecule has 1 saturated carbocycles. The van der Waals surface area contributed by atoms with Gasteiger partial charge in [-0.15, -0.1) is 0 Å². The lowest BCUT2D eigenvalue weighted by Gasteiger charge is -2.13. The summed E-state index contributed by atoms with van der Waals surface area (Å²) < 4.78 is 0. The number of carbonyl (C=O) groups is 2. The lowest BCUT2D eigenvalue weighted by Crippen LogP contribution is -2.20. The van der Waals surface area contributed by atoms with Crippen molar-refractivity contribution in [2.75, 3.05) is 29.6 Å². The molecule has 2 unspecified atom stereocenters. The highest BCUT2D eigenvalue weighted by Crippen LogP contribution is 2.40. The molecule has 26 heavy (non-hydrogen) atoms. The van der Waals surface area contributed by atoms with Gasteiger partial charge in [-0.25, -0.2) is 0 Å². The Labute approximate surface area is 162 Å². The van der Waals surface area contributed by atoms with E-state index >= 15 is 0 Å². The van der Waals surface area contributed by atoms with Crippen molar-refractivity contribution in [2.45, 2.75) is 6.42 Å². The zero-order valence-electron chi connectivity index (χ0n) is 14.4. The molecule has 2 atom stereocenters. The lowest BCUT2D eigenvalue weighted by molar-refractivity contribution is -0.122. The van der Waals surface area contributed by atoms with Gasteiger partial charge in [0.15, 0.2) is 0 Å². The van der Waals surface area contributed by atoms with Crippen LogP contribution in [0.3, 0.4) is 0 Å². The van der Waals surface area contributed by atoms with Crippen LogP contribution in [0.15, 0.2) is 42.5 Å². The van der Waals surface area contributed by atoms with Crippen LogP contribution in [0.1, 0.15) is 6.42 Å². The summed E-state index contributed by atoms with van der Waals surface area (Å²) in [6.07, 6.45) is 0.530. The maximum atomic E-state index is 12.3. The average Bonchev–Trinajstić information content (AvgIpc) is 3.35. The van der Waals surface area contributed by atoms with Crippen LogP contribution in [0.2, 0.25) is 10.0 Å². The van der Waals surface area contributed by atoms with Gasteiger partial charge in [0.1, 0.15) is 0 Å². The second kappa shape index (κ2) is 7.56. The van der Waals surface area contributed by atoms with Crippen LogP contribution in [0.4, 0.5) is 17.1 Å². The molecule has 0 heterocycles. The average molecular weight is 392 g/mol. The van der Waals surface area contributed by atoms with Crippen LogP contribution in [0.25, 0.3) is 0 Å². The van der Waals surface area contributed by atoms with Crippen LogP contribution in [0, 0.1) is 11.8 Å². The molecular weight excluding hydrogens is 373 g/mol. The van der Waals surface area contributed by atoms with Gasteiger partial charge >= 0.3 is 0 Å². The summed E-state index contributed by atoms with van der Waals surface area (Å²) in [5, 5.41) is 6.51. The van der Waals surface area contributed by atoms with E-state index in [0.717, 1.165) is 5.69 Å². The van der Waals surface area contributed by atoms with Crippen molar-refractivity contribution in [2.24, 2.45) is 11.8 Å². The normalized spacial score (nSPS) is 18.2. The minimum Gasteiger partial charge on any atom is -0.378 e. The minimum absolute atomic E-state index is 0.146. The number of amides is 2. The first-order chi connectivity index (χ1) is 12.3. The van der Waals surface area contributed by atoms with E-state index in [-0.39, 0.29) is 23.7 Å². The molecule has 0 spiro atoms. The quantitative estimate of drug-likeness (QED) is 0.799. The molecule has 7 heteroatoms. The van der Waals surface area contributed by atoms with Gasteiger partial charge in [0.2, 0.25) is 11.8 Å². The summed E-state index contributed by atoms with van der Waals surface area (Å²) in [7, 11) is 3.90. The van der Waals surface area contributed by atoms with Crippen molar-refractivity contribution >= 4 is 52.1 Å². The smallest absolute Gasteiger partial charge is 0.228 e. The SMILES string of the molecule is CN(C)c1ccc(NC(=O)C2CC2C(=O)Nc2cc(Cl)cc(Cl)c2)cc1. The number of nitrogens with one attached hydrogen (secondary N) is 2. The van der Waals surface area contributed by atoms with E-state index in [0.29, 0.717) is 27.8 Å². The number of rotatable bonds is 5. The predicted octanol–water partition coefficient (Wildman–Crippen LogP) is 4.27. The monoisotopic (exact) mass is 391 g/mol. The summed E-state index contributed by atoms with van der Waals surface area (Å²) in [6, 6.07) is 12.4. The van der Waals surface area contributed by atoms with Gasteiger partial charge in [-0.05, 0) is 48.9 Å². The fraction of sp³-hybridized carbons (Fsp3) is 0.263. The maximum absolute atomic E-state index is 12.3. The Morgan fingerprint density at radius 1 is 0.885 bits per heavy atom. The molecule has 1 aliphatic rings. The van der Waals surface area contributed by atoms with Gasteiger partial charge in [-0.1, -0.05) is 23.2 Å². The Bertz CT molecular complexity index is 817. The molecule has 5 nitrogen and oxygen atoms in total. The third-order valence-corrected chi connectivity index (χ3v) is 4.68. The highest BCUT2D eigenvalue weighted by Gasteiger charge is 2.48. The fourth-order valence-electron chi connectivity index (χ4n) is 2.71. The first-order valence-corrected chi connectivity index (χ1v) is 8.94. The van der Waals surface area contributed by atoms with E-state index in [1.165, 1.54) is 0 Å². The summed E-state index contributed by atoms with van der Waals surface area (Å²) in [4.78, 5) is 26.6. The molecule has 0 aromatic heterocycles. The van der Waals surface area contributed by atoms with Crippen molar-refractivity contribution < 1.29 is 9.59 Å². The van der Waals surface area contributed by atoms with E-state index in [1.54, 1.807) is 18.2 Å². The Morgan fingerprint density at radius 3 is 1.88 bits per heavy atom. The minimum atomic E-state index is -0.339. The molecular formula is C19H19Cl2N3O2. The van der Waals surface area contributed by atoms with Gasteiger partial charge in [0.25, 0.3) is 0 Å². The first-order valence-electron chi connectivity index (χ1n) is 8.18. The highest BCUT2D eigenvalue weighted by atomic mass is 35.5. The summed E-state index contributed by atoms with van der Waals surface area (Å²) in [6.45, 7) is 0. The topological polar surface area (TPSA) is 61.4 Å². The molecule has 1 fully saturated rings. The highest BCUT2D eigenvalue weighted by molar-refractivity contribution is 6.35. The lowest BCUT2D eigenvalue weighted by atomic mass is 10.2. The van der Waals surface area contributed by atoms with Gasteiger partial charge in [0, 0.05) is 41.2 Å². The van der Waals surface area contributed by atoms with Crippen molar-refractivity contribution in [3.05, 3.63) is 52.5 Å². The molecule has 3 rings (SSSR count). The van der Waals surface area contributed by atoms with Gasteiger partial charge in [0.05, 0.1) is 11.8 Å². The number of nitrogens with zero attached hydrogens (tertiary/aromatic N) is 1. The molecule has 0 bridgehead atoms. The number of anilines is 3. The zero-order chi connectivity index (χ0) is 18.8. The van der Waals surface area contributed by atoms with Crippen molar-refractivity contribution in [3.63, 3.8) is 0 Å². The number of hydrogen-bond acceptors (Lipinski definition) is 3. The second-order valence-electron chi connectivity index (χ2n) is 6.53.